The van der Waals surface area contributed by atoms with E-state index in [1.807, 2.05) is 30.7 Å². The number of para-hydroxylation sites is 4. The van der Waals surface area contributed by atoms with Crippen molar-refractivity contribution in [1.29, 1.82) is 0 Å². The van der Waals surface area contributed by atoms with Crippen molar-refractivity contribution in [3.8, 4) is 22.6 Å². The molecule has 0 fully saturated rings. The van der Waals surface area contributed by atoms with Crippen LogP contribution in [0.25, 0.3) is 72.2 Å². The molecular formula is C41H25N5O2. The number of rotatable bonds is 3. The van der Waals surface area contributed by atoms with Crippen LogP contribution in [0, 0.1) is 0 Å². The van der Waals surface area contributed by atoms with Crippen LogP contribution in [-0.4, -0.2) is 23.9 Å². The van der Waals surface area contributed by atoms with Gasteiger partial charge in [-0.1, -0.05) is 36.4 Å². The fourth-order valence-electron chi connectivity index (χ4n) is 7.67. The van der Waals surface area contributed by atoms with Gasteiger partial charge in [-0.25, -0.2) is 4.98 Å². The molecule has 1 aliphatic heterocycles. The van der Waals surface area contributed by atoms with Gasteiger partial charge < -0.3 is 9.15 Å². The van der Waals surface area contributed by atoms with Crippen molar-refractivity contribution in [3.63, 3.8) is 0 Å². The largest absolute Gasteiger partial charge is 0.459 e. The van der Waals surface area contributed by atoms with Gasteiger partial charge in [-0.2, -0.15) is 0 Å². The monoisotopic (exact) mass is 619 g/mol. The Labute approximate surface area is 273 Å². The molecule has 48 heavy (non-hydrogen) atoms. The van der Waals surface area contributed by atoms with E-state index in [2.05, 4.69) is 116 Å². The van der Waals surface area contributed by atoms with Gasteiger partial charge in [0.1, 0.15) is 17.1 Å². The van der Waals surface area contributed by atoms with Crippen molar-refractivity contribution in [3.05, 3.63) is 151 Å². The summed E-state index contributed by atoms with van der Waals surface area (Å²) in [5.74, 6) is 2.87. The molecule has 0 spiro atoms. The molecule has 0 saturated heterocycles. The van der Waals surface area contributed by atoms with Crippen LogP contribution in [0.15, 0.2) is 144 Å². The van der Waals surface area contributed by atoms with Gasteiger partial charge in [0, 0.05) is 34.6 Å². The first kappa shape index (κ1) is 25.7. The van der Waals surface area contributed by atoms with Crippen LogP contribution < -0.4 is 4.74 Å². The molecule has 1 unspecified atom stereocenters. The minimum atomic E-state index is 0.161. The number of benzene rings is 4. The summed E-state index contributed by atoms with van der Waals surface area (Å²) in [5, 5.41) is 2.13. The normalized spacial score (nSPS) is 15.6. The lowest BCUT2D eigenvalue weighted by molar-refractivity contribution is 0.425. The van der Waals surface area contributed by atoms with E-state index >= 15 is 0 Å². The topological polar surface area (TPSA) is 70.4 Å². The summed E-state index contributed by atoms with van der Waals surface area (Å²) in [5.41, 5.74) is 12.8. The summed E-state index contributed by atoms with van der Waals surface area (Å²) in [7, 11) is 0. The van der Waals surface area contributed by atoms with Crippen LogP contribution >= 0.6 is 0 Å². The maximum absolute atomic E-state index is 6.19. The Morgan fingerprint density at radius 3 is 2.46 bits per heavy atom. The third kappa shape index (κ3) is 3.61. The Bertz CT molecular complexity index is 2870. The van der Waals surface area contributed by atoms with Crippen molar-refractivity contribution in [2.24, 2.45) is 0 Å². The second-order valence-electron chi connectivity index (χ2n) is 12.5. The summed E-state index contributed by atoms with van der Waals surface area (Å²) in [6.07, 6.45) is 12.4. The maximum atomic E-state index is 6.19. The molecule has 0 saturated carbocycles. The van der Waals surface area contributed by atoms with Gasteiger partial charge in [0.15, 0.2) is 5.58 Å². The lowest BCUT2D eigenvalue weighted by Gasteiger charge is -2.20. The third-order valence-electron chi connectivity index (χ3n) is 9.90. The molecule has 4 aromatic carbocycles. The lowest BCUT2D eigenvalue weighted by Crippen LogP contribution is -2.05. The Balaban J connectivity index is 1.16. The molecular weight excluding hydrogens is 594 g/mol. The van der Waals surface area contributed by atoms with Crippen LogP contribution in [0.1, 0.15) is 23.5 Å². The molecule has 0 amide bonds. The predicted octanol–water partition coefficient (Wildman–Crippen LogP) is 9.63. The number of aromatic nitrogens is 5. The highest BCUT2D eigenvalue weighted by atomic mass is 16.5. The van der Waals surface area contributed by atoms with E-state index in [1.54, 1.807) is 6.20 Å². The molecule has 1 aliphatic carbocycles. The van der Waals surface area contributed by atoms with Crippen molar-refractivity contribution < 1.29 is 9.15 Å². The summed E-state index contributed by atoms with van der Waals surface area (Å²) in [6, 6.07) is 34.3. The molecule has 7 heteroatoms. The molecule has 6 heterocycles. The number of ether oxygens (including phenoxy) is 1. The molecule has 11 rings (SSSR count). The first-order valence-corrected chi connectivity index (χ1v) is 16.1. The Morgan fingerprint density at radius 1 is 0.667 bits per heavy atom. The second kappa shape index (κ2) is 9.53. The van der Waals surface area contributed by atoms with Crippen LogP contribution in [0.4, 0.5) is 0 Å². The van der Waals surface area contributed by atoms with Crippen LogP contribution in [0.2, 0.25) is 0 Å². The van der Waals surface area contributed by atoms with Gasteiger partial charge in [0.2, 0.25) is 5.78 Å². The van der Waals surface area contributed by atoms with E-state index in [9.17, 15) is 0 Å². The smallest absolute Gasteiger partial charge is 0.220 e. The van der Waals surface area contributed by atoms with Gasteiger partial charge in [-0.05, 0) is 101 Å². The molecule has 0 N–H and O–H groups in total. The summed E-state index contributed by atoms with van der Waals surface area (Å²) >= 11 is 0. The highest BCUT2D eigenvalue weighted by Crippen LogP contribution is 2.48. The fraction of sp³-hybridized carbons (Fsp3) is 0.0488. The number of fused-ring (bicyclic) bond motifs is 11. The zero-order chi connectivity index (χ0) is 31.3. The van der Waals surface area contributed by atoms with E-state index in [0.29, 0.717) is 0 Å². The molecule has 5 aromatic heterocycles. The lowest BCUT2D eigenvalue weighted by atomic mass is 9.84. The molecule has 0 bridgehead atoms. The van der Waals surface area contributed by atoms with Gasteiger partial charge in [-0.15, -0.1) is 0 Å². The average molecular weight is 620 g/mol. The van der Waals surface area contributed by atoms with E-state index in [4.69, 9.17) is 14.1 Å². The van der Waals surface area contributed by atoms with Crippen LogP contribution in [0.5, 0.6) is 5.75 Å². The summed E-state index contributed by atoms with van der Waals surface area (Å²) in [4.78, 5) is 13.7. The minimum Gasteiger partial charge on any atom is -0.459 e. The quantitative estimate of drug-likeness (QED) is 0.197. The number of hydrogen-bond acceptors (Lipinski definition) is 5. The molecule has 226 valence electrons. The highest BCUT2D eigenvalue weighted by Gasteiger charge is 2.32. The van der Waals surface area contributed by atoms with E-state index in [0.717, 1.165) is 90.1 Å². The summed E-state index contributed by atoms with van der Waals surface area (Å²) < 4.78 is 16.9. The number of pyridine rings is 2. The SMILES string of the molecule is C1=C(c2cc(-c3ccc4oc5cnccc5c4c3)cc(-n3c4ccccc4n4c5ccccc5nc34)c2)CC2C(=C1)Oc1cnccc12. The van der Waals surface area contributed by atoms with E-state index < -0.39 is 0 Å². The van der Waals surface area contributed by atoms with Crippen LogP contribution in [-0.2, 0) is 0 Å². The molecule has 2 aliphatic rings. The number of nitrogens with zero attached hydrogens (tertiary/aromatic N) is 5. The van der Waals surface area contributed by atoms with Crippen molar-refractivity contribution in [2.75, 3.05) is 0 Å². The van der Waals surface area contributed by atoms with Gasteiger partial charge in [0.05, 0.1) is 40.1 Å². The number of furan rings is 1. The minimum absolute atomic E-state index is 0.161. The van der Waals surface area contributed by atoms with Gasteiger partial charge in [0.25, 0.3) is 0 Å². The zero-order valence-corrected chi connectivity index (χ0v) is 25.5. The van der Waals surface area contributed by atoms with Crippen molar-refractivity contribution in [1.82, 2.24) is 23.9 Å². The molecule has 9 aromatic rings. The average Bonchev–Trinajstić information content (AvgIpc) is 3.89. The molecule has 7 nitrogen and oxygen atoms in total. The predicted molar refractivity (Wildman–Crippen MR) is 188 cm³/mol. The van der Waals surface area contributed by atoms with Gasteiger partial charge in [-0.3, -0.25) is 18.9 Å². The Morgan fingerprint density at radius 2 is 1.50 bits per heavy atom. The number of imidazole rings is 2. The van der Waals surface area contributed by atoms with Crippen LogP contribution in [0.3, 0.4) is 0 Å². The molecule has 1 atom stereocenters. The van der Waals surface area contributed by atoms with E-state index in [1.165, 1.54) is 11.1 Å². The Kier molecular flexibility index (Phi) is 5.10. The number of allylic oxidation sites excluding steroid dienone is 4. The first-order valence-electron chi connectivity index (χ1n) is 16.1. The number of hydrogen-bond donors (Lipinski definition) is 0. The van der Waals surface area contributed by atoms with Crippen molar-refractivity contribution in [2.45, 2.75) is 12.3 Å². The third-order valence-corrected chi connectivity index (χ3v) is 9.90. The van der Waals surface area contributed by atoms with E-state index in [-0.39, 0.29) is 5.92 Å². The highest BCUT2D eigenvalue weighted by molar-refractivity contribution is 6.06. The summed E-state index contributed by atoms with van der Waals surface area (Å²) in [6.45, 7) is 0. The zero-order valence-electron chi connectivity index (χ0n) is 25.5. The first-order chi connectivity index (χ1) is 23.8. The Hall–Kier alpha value is -6.47. The standard InChI is InChI=1S/C41H25N5O2/c1-2-6-34-33(5-1)44-41-45(35-7-3-4-8-36(35)46(34)41)28-18-26(24-9-11-37-31(20-24)29-13-15-42-22-39(29)47-37)17-27(19-28)25-10-12-38-32(21-25)30-14-16-43-23-40(30)48-38/h1-20,22-23,32H,21H2. The maximum Gasteiger partial charge on any atom is 0.220 e. The molecule has 0 radical (unpaired) electrons. The van der Waals surface area contributed by atoms with Crippen molar-refractivity contribution >= 4 is 55.4 Å². The van der Waals surface area contributed by atoms with Gasteiger partial charge >= 0.3 is 0 Å². The second-order valence-corrected chi connectivity index (χ2v) is 12.5. The fourth-order valence-corrected chi connectivity index (χ4v) is 7.67.